The van der Waals surface area contributed by atoms with Crippen LogP contribution in [-0.2, 0) is 29.8 Å². The molecule has 3 amide bonds. The van der Waals surface area contributed by atoms with E-state index < -0.39 is 62.7 Å². The molecule has 1 aliphatic heterocycles. The number of halogens is 3. The van der Waals surface area contributed by atoms with Crippen LogP contribution in [0.3, 0.4) is 0 Å². The molecule has 0 spiro atoms. The Kier molecular flexibility index (Phi) is 12.3. The maximum Gasteiger partial charge on any atom is 0.399 e. The van der Waals surface area contributed by atoms with Gasteiger partial charge in [-0.25, -0.2) is 9.59 Å². The number of methoxy groups -OCH3 is 1. The van der Waals surface area contributed by atoms with Crippen LogP contribution < -0.4 is 15.6 Å². The van der Waals surface area contributed by atoms with Gasteiger partial charge in [0, 0.05) is 23.0 Å². The van der Waals surface area contributed by atoms with Crippen molar-refractivity contribution < 1.29 is 37.4 Å². The van der Waals surface area contributed by atoms with Gasteiger partial charge in [-0.1, -0.05) is 73.8 Å². The number of unbranched alkanes of at least 4 members (excludes halogenated alkanes) is 1. The highest BCUT2D eigenvalue weighted by Gasteiger charge is 2.45. The van der Waals surface area contributed by atoms with Gasteiger partial charge in [0.25, 0.3) is 0 Å². The topological polar surface area (TPSA) is 123 Å². The van der Waals surface area contributed by atoms with Gasteiger partial charge in [0.15, 0.2) is 15.8 Å². The van der Waals surface area contributed by atoms with Crippen LogP contribution in [0.4, 0.5) is 13.6 Å². The highest BCUT2D eigenvalue weighted by Crippen LogP contribution is 2.43. The SMILES string of the molecule is CCCC[C@H]([Si]NC(=O)OC(c1ccccc1)C(F)(F)c1cccc(Cl)c1)C(=O)N[C@@H](C[C@@H]1CCNC1=O)C(=O)OC. The maximum atomic E-state index is 15.7. The second kappa shape index (κ2) is 15.6. The van der Waals surface area contributed by atoms with Crippen LogP contribution in [-0.4, -0.2) is 53.3 Å². The summed E-state index contributed by atoms with van der Waals surface area (Å²) < 4.78 is 41.5. The summed E-state index contributed by atoms with van der Waals surface area (Å²) in [5, 5.41) is 5.46. The zero-order valence-electron chi connectivity index (χ0n) is 23.3. The standard InChI is InChI=1S/C29H34ClF2N3O6Si/c1-3-4-13-23(26(37)34-22(27(38)40-2)16-19-14-15-33-25(19)36)42-35-28(39)41-24(18-9-6-5-7-10-18)29(31,32)20-11-8-12-21(30)17-20/h5-12,17,19,22-24H,3-4,13-16H2,1-2H3,(H,33,36)(H,34,37)(H,35,39)/t19-,22-,23-,24?/m0/s1. The number of nitrogens with one attached hydrogen (secondary N) is 3. The first-order valence-electron chi connectivity index (χ1n) is 13.6. The Morgan fingerprint density at radius 2 is 1.90 bits per heavy atom. The van der Waals surface area contributed by atoms with Gasteiger partial charge in [0.1, 0.15) is 6.04 Å². The number of hydrogen-bond donors (Lipinski definition) is 3. The molecule has 1 saturated heterocycles. The fourth-order valence-corrected chi connectivity index (χ4v) is 5.67. The molecule has 0 aliphatic carbocycles. The molecule has 1 fully saturated rings. The molecule has 4 atom stereocenters. The van der Waals surface area contributed by atoms with Crippen molar-refractivity contribution in [3.63, 3.8) is 0 Å². The number of amides is 3. The lowest BCUT2D eigenvalue weighted by atomic mass is 9.97. The molecule has 1 aliphatic rings. The van der Waals surface area contributed by atoms with E-state index in [1.165, 1.54) is 37.4 Å². The summed E-state index contributed by atoms with van der Waals surface area (Å²) in [6, 6.07) is 11.7. The minimum atomic E-state index is -3.63. The first kappa shape index (κ1) is 33.0. The van der Waals surface area contributed by atoms with Gasteiger partial charge in [-0.3, -0.25) is 9.59 Å². The molecule has 0 saturated carbocycles. The molecule has 9 nitrogen and oxygen atoms in total. The van der Waals surface area contributed by atoms with E-state index in [-0.39, 0.29) is 22.9 Å². The zero-order valence-corrected chi connectivity index (χ0v) is 25.1. The summed E-state index contributed by atoms with van der Waals surface area (Å²) in [4.78, 5) is 53.0. The number of benzene rings is 2. The number of carbonyl (C=O) groups is 4. The second-order valence-electron chi connectivity index (χ2n) is 9.89. The lowest BCUT2D eigenvalue weighted by Gasteiger charge is -2.28. The molecule has 2 aromatic carbocycles. The van der Waals surface area contributed by atoms with Crippen LogP contribution >= 0.6 is 11.6 Å². The molecule has 2 radical (unpaired) electrons. The number of esters is 1. The van der Waals surface area contributed by atoms with Crippen molar-refractivity contribution in [2.75, 3.05) is 13.7 Å². The maximum absolute atomic E-state index is 15.7. The third-order valence-corrected chi connectivity index (χ3v) is 8.35. The van der Waals surface area contributed by atoms with Gasteiger partial charge in [-0.05, 0) is 37.0 Å². The molecule has 0 aromatic heterocycles. The molecule has 226 valence electrons. The minimum absolute atomic E-state index is 0.0677. The van der Waals surface area contributed by atoms with E-state index in [1.54, 1.807) is 18.2 Å². The lowest BCUT2D eigenvalue weighted by molar-refractivity contribution is -0.145. The first-order valence-corrected chi connectivity index (χ1v) is 15.1. The van der Waals surface area contributed by atoms with E-state index in [2.05, 4.69) is 15.6 Å². The quantitative estimate of drug-likeness (QED) is 0.208. The van der Waals surface area contributed by atoms with Crippen molar-refractivity contribution in [1.29, 1.82) is 0 Å². The van der Waals surface area contributed by atoms with E-state index in [0.717, 1.165) is 12.5 Å². The largest absolute Gasteiger partial charge is 0.467 e. The van der Waals surface area contributed by atoms with Crippen molar-refractivity contribution in [2.45, 2.75) is 62.6 Å². The van der Waals surface area contributed by atoms with Crippen LogP contribution in [0.1, 0.15) is 56.3 Å². The number of rotatable bonds is 14. The predicted octanol–water partition coefficient (Wildman–Crippen LogP) is 4.68. The number of alkyl halides is 2. The zero-order chi connectivity index (χ0) is 30.7. The first-order chi connectivity index (χ1) is 20.1. The molecular formula is C29H34ClF2N3O6Si. The normalized spacial score (nSPS) is 17.0. The minimum Gasteiger partial charge on any atom is -0.467 e. The third kappa shape index (κ3) is 8.99. The summed E-state index contributed by atoms with van der Waals surface area (Å²) in [5.74, 6) is -5.50. The Hall–Kier alpha value is -3.51. The Balaban J connectivity index is 1.72. The Morgan fingerprint density at radius 3 is 2.52 bits per heavy atom. The third-order valence-electron chi connectivity index (χ3n) is 6.86. The summed E-state index contributed by atoms with van der Waals surface area (Å²) in [6.07, 6.45) is -0.769. The Labute approximate surface area is 250 Å². The molecule has 1 heterocycles. The van der Waals surface area contributed by atoms with E-state index in [4.69, 9.17) is 21.1 Å². The van der Waals surface area contributed by atoms with Crippen molar-refractivity contribution >= 4 is 45.2 Å². The Bertz CT molecular complexity index is 1240. The summed E-state index contributed by atoms with van der Waals surface area (Å²) >= 11 is 5.94. The lowest BCUT2D eigenvalue weighted by Crippen LogP contribution is -2.47. The van der Waals surface area contributed by atoms with Crippen LogP contribution in [0, 0.1) is 5.92 Å². The van der Waals surface area contributed by atoms with Crippen LogP contribution in [0.25, 0.3) is 0 Å². The van der Waals surface area contributed by atoms with E-state index in [1.807, 2.05) is 6.92 Å². The van der Waals surface area contributed by atoms with Gasteiger partial charge in [-0.15, -0.1) is 0 Å². The van der Waals surface area contributed by atoms with E-state index >= 15 is 8.78 Å². The molecule has 42 heavy (non-hydrogen) atoms. The van der Waals surface area contributed by atoms with Gasteiger partial charge in [0.05, 0.1) is 12.7 Å². The second-order valence-corrected chi connectivity index (χ2v) is 11.6. The van der Waals surface area contributed by atoms with Gasteiger partial charge < -0.3 is 25.1 Å². The molecule has 13 heteroatoms. The highest BCUT2D eigenvalue weighted by molar-refractivity contribution is 6.44. The van der Waals surface area contributed by atoms with Gasteiger partial charge in [-0.2, -0.15) is 8.78 Å². The van der Waals surface area contributed by atoms with E-state index in [0.29, 0.717) is 25.8 Å². The fraction of sp³-hybridized carbons (Fsp3) is 0.448. The number of ether oxygens (including phenoxy) is 2. The van der Waals surface area contributed by atoms with Crippen molar-refractivity contribution in [2.24, 2.45) is 5.92 Å². The Morgan fingerprint density at radius 1 is 1.17 bits per heavy atom. The summed E-state index contributed by atoms with van der Waals surface area (Å²) in [5.41, 5.74) is -1.13. The summed E-state index contributed by atoms with van der Waals surface area (Å²) in [7, 11) is 0.650. The average Bonchev–Trinajstić information content (AvgIpc) is 3.39. The smallest absolute Gasteiger partial charge is 0.399 e. The van der Waals surface area contributed by atoms with Crippen LogP contribution in [0.15, 0.2) is 54.6 Å². The molecule has 3 N–H and O–H groups in total. The number of hydrogen-bond acceptors (Lipinski definition) is 6. The fourth-order valence-electron chi connectivity index (χ4n) is 4.57. The highest BCUT2D eigenvalue weighted by atomic mass is 35.5. The van der Waals surface area contributed by atoms with Crippen LogP contribution in [0.5, 0.6) is 0 Å². The molecule has 1 unspecified atom stereocenters. The van der Waals surface area contributed by atoms with E-state index in [9.17, 15) is 19.2 Å². The van der Waals surface area contributed by atoms with Gasteiger partial charge in [0.2, 0.25) is 11.8 Å². The molecule has 2 aromatic rings. The van der Waals surface area contributed by atoms with Gasteiger partial charge >= 0.3 is 18.0 Å². The monoisotopic (exact) mass is 621 g/mol. The van der Waals surface area contributed by atoms with Crippen molar-refractivity contribution in [1.82, 2.24) is 15.6 Å². The number of carbonyl (C=O) groups excluding carboxylic acids is 4. The summed E-state index contributed by atoms with van der Waals surface area (Å²) in [6.45, 7) is 2.41. The predicted molar refractivity (Wildman–Crippen MR) is 153 cm³/mol. The van der Waals surface area contributed by atoms with Crippen molar-refractivity contribution in [3.8, 4) is 0 Å². The average molecular weight is 622 g/mol. The molecular weight excluding hydrogens is 588 g/mol. The molecule has 0 bridgehead atoms. The van der Waals surface area contributed by atoms with Crippen molar-refractivity contribution in [3.05, 3.63) is 70.7 Å². The van der Waals surface area contributed by atoms with Crippen LogP contribution in [0.2, 0.25) is 10.6 Å². The molecule has 3 rings (SSSR count).